The Bertz CT molecular complexity index is 787. The highest BCUT2D eigenvalue weighted by molar-refractivity contribution is 5.94. The highest BCUT2D eigenvalue weighted by Crippen LogP contribution is 2.18. The van der Waals surface area contributed by atoms with Gasteiger partial charge >= 0.3 is 5.97 Å². The van der Waals surface area contributed by atoms with Gasteiger partial charge in [-0.3, -0.25) is 9.59 Å². The smallest absolute Gasteiger partial charge is 0.310 e. The lowest BCUT2D eigenvalue weighted by molar-refractivity contribution is -0.145. The summed E-state index contributed by atoms with van der Waals surface area (Å²) < 4.78 is 10.6. The first-order valence-corrected chi connectivity index (χ1v) is 9.10. The van der Waals surface area contributed by atoms with E-state index in [-0.39, 0.29) is 17.8 Å². The Balaban J connectivity index is 2.05. The molecule has 144 valence electrons. The fourth-order valence-electron chi connectivity index (χ4n) is 2.83. The van der Waals surface area contributed by atoms with Crippen LogP contribution >= 0.6 is 0 Å². The Morgan fingerprint density at radius 1 is 1.11 bits per heavy atom. The molecule has 5 heteroatoms. The van der Waals surface area contributed by atoms with Gasteiger partial charge in [0.2, 0.25) is 0 Å². The first-order valence-electron chi connectivity index (χ1n) is 9.10. The topological polar surface area (TPSA) is 55.8 Å². The third kappa shape index (κ3) is 5.84. The third-order valence-corrected chi connectivity index (χ3v) is 4.34. The van der Waals surface area contributed by atoms with E-state index in [0.29, 0.717) is 31.0 Å². The summed E-state index contributed by atoms with van der Waals surface area (Å²) >= 11 is 0. The van der Waals surface area contributed by atoms with E-state index in [4.69, 9.17) is 9.47 Å². The Morgan fingerprint density at radius 3 is 2.52 bits per heavy atom. The van der Waals surface area contributed by atoms with Gasteiger partial charge in [0.25, 0.3) is 5.91 Å². The largest absolute Gasteiger partial charge is 0.489 e. The predicted molar refractivity (Wildman–Crippen MR) is 105 cm³/mol. The SMILES string of the molecule is CCN(CC(C)C(=O)OC)C(=O)c1cccc(OCc2cccc(C)c2)c1. The van der Waals surface area contributed by atoms with Crippen molar-refractivity contribution in [2.75, 3.05) is 20.2 Å². The Morgan fingerprint density at radius 2 is 1.85 bits per heavy atom. The molecule has 0 heterocycles. The van der Waals surface area contributed by atoms with E-state index < -0.39 is 0 Å². The van der Waals surface area contributed by atoms with E-state index in [1.807, 2.05) is 38.1 Å². The number of carbonyl (C=O) groups excluding carboxylic acids is 2. The van der Waals surface area contributed by atoms with Gasteiger partial charge in [-0.15, -0.1) is 0 Å². The summed E-state index contributed by atoms with van der Waals surface area (Å²) in [6.07, 6.45) is 0. The Labute approximate surface area is 160 Å². The number of carbonyl (C=O) groups is 2. The molecule has 5 nitrogen and oxygen atoms in total. The maximum Gasteiger partial charge on any atom is 0.310 e. The average Bonchev–Trinajstić information content (AvgIpc) is 2.69. The fourth-order valence-corrected chi connectivity index (χ4v) is 2.83. The van der Waals surface area contributed by atoms with Gasteiger partial charge in [-0.05, 0) is 37.6 Å². The Hall–Kier alpha value is -2.82. The van der Waals surface area contributed by atoms with Crippen LogP contribution in [0.5, 0.6) is 5.75 Å². The molecule has 2 aromatic carbocycles. The van der Waals surface area contributed by atoms with Gasteiger partial charge in [-0.1, -0.05) is 42.8 Å². The minimum Gasteiger partial charge on any atom is -0.489 e. The zero-order valence-corrected chi connectivity index (χ0v) is 16.4. The van der Waals surface area contributed by atoms with Crippen molar-refractivity contribution >= 4 is 11.9 Å². The van der Waals surface area contributed by atoms with Gasteiger partial charge in [-0.2, -0.15) is 0 Å². The number of esters is 1. The lowest BCUT2D eigenvalue weighted by Gasteiger charge is -2.23. The van der Waals surface area contributed by atoms with Crippen molar-refractivity contribution in [3.63, 3.8) is 0 Å². The van der Waals surface area contributed by atoms with Crippen LogP contribution in [0, 0.1) is 12.8 Å². The monoisotopic (exact) mass is 369 g/mol. The number of hydrogen-bond donors (Lipinski definition) is 0. The normalized spacial score (nSPS) is 11.6. The molecule has 1 amide bonds. The van der Waals surface area contributed by atoms with Crippen LogP contribution in [0.15, 0.2) is 48.5 Å². The summed E-state index contributed by atoms with van der Waals surface area (Å²) in [6.45, 7) is 6.95. The first kappa shape index (κ1) is 20.5. The van der Waals surface area contributed by atoms with Gasteiger partial charge in [0.05, 0.1) is 13.0 Å². The van der Waals surface area contributed by atoms with Gasteiger partial charge in [0.15, 0.2) is 0 Å². The number of nitrogens with zero attached hydrogens (tertiary/aromatic N) is 1. The quantitative estimate of drug-likeness (QED) is 0.663. The van der Waals surface area contributed by atoms with Gasteiger partial charge in [-0.25, -0.2) is 0 Å². The lowest BCUT2D eigenvalue weighted by atomic mass is 10.1. The molecule has 0 aliphatic carbocycles. The Kier molecular flexibility index (Phi) is 7.41. The standard InChI is InChI=1S/C22H27NO4/c1-5-23(14-17(3)22(25)26-4)21(24)19-10-7-11-20(13-19)27-15-18-9-6-8-16(2)12-18/h6-13,17H,5,14-15H2,1-4H3. The van der Waals surface area contributed by atoms with Crippen LogP contribution < -0.4 is 4.74 Å². The molecular weight excluding hydrogens is 342 g/mol. The molecule has 0 aromatic heterocycles. The van der Waals surface area contributed by atoms with Crippen LogP contribution in [0.1, 0.15) is 35.3 Å². The van der Waals surface area contributed by atoms with Crippen LogP contribution in [0.4, 0.5) is 0 Å². The molecule has 0 fully saturated rings. The lowest BCUT2D eigenvalue weighted by Crippen LogP contribution is -2.37. The molecule has 0 radical (unpaired) electrons. The van der Waals surface area contributed by atoms with E-state index in [9.17, 15) is 9.59 Å². The van der Waals surface area contributed by atoms with Crippen molar-refractivity contribution in [3.8, 4) is 5.75 Å². The molecule has 0 N–H and O–H groups in total. The predicted octanol–water partition coefficient (Wildman–Crippen LogP) is 3.85. The highest BCUT2D eigenvalue weighted by atomic mass is 16.5. The number of benzene rings is 2. The van der Waals surface area contributed by atoms with Crippen molar-refractivity contribution in [2.45, 2.75) is 27.4 Å². The van der Waals surface area contributed by atoms with E-state index in [1.165, 1.54) is 12.7 Å². The van der Waals surface area contributed by atoms with Crippen LogP contribution in [0.3, 0.4) is 0 Å². The van der Waals surface area contributed by atoms with Gasteiger partial charge in [0.1, 0.15) is 12.4 Å². The molecule has 0 saturated heterocycles. The van der Waals surface area contributed by atoms with Crippen molar-refractivity contribution in [1.82, 2.24) is 4.90 Å². The molecule has 0 aliphatic rings. The summed E-state index contributed by atoms with van der Waals surface area (Å²) in [7, 11) is 1.35. The van der Waals surface area contributed by atoms with Gasteiger partial charge < -0.3 is 14.4 Å². The maximum absolute atomic E-state index is 12.8. The number of amides is 1. The van der Waals surface area contributed by atoms with Crippen molar-refractivity contribution in [1.29, 1.82) is 0 Å². The van der Waals surface area contributed by atoms with Crippen molar-refractivity contribution in [3.05, 3.63) is 65.2 Å². The number of rotatable bonds is 8. The van der Waals surface area contributed by atoms with Crippen molar-refractivity contribution in [2.24, 2.45) is 5.92 Å². The second kappa shape index (κ2) is 9.76. The molecular formula is C22H27NO4. The summed E-state index contributed by atoms with van der Waals surface area (Å²) in [5.41, 5.74) is 2.79. The molecule has 0 aliphatic heterocycles. The van der Waals surface area contributed by atoms with Gasteiger partial charge in [0, 0.05) is 18.7 Å². The first-order chi connectivity index (χ1) is 12.9. The molecule has 2 aromatic rings. The molecule has 0 bridgehead atoms. The molecule has 27 heavy (non-hydrogen) atoms. The minimum atomic E-state index is -0.375. The van der Waals surface area contributed by atoms with Crippen molar-refractivity contribution < 1.29 is 19.1 Å². The number of aryl methyl sites for hydroxylation is 1. The summed E-state index contributed by atoms with van der Waals surface area (Å²) in [4.78, 5) is 26.1. The number of methoxy groups -OCH3 is 1. The molecule has 2 rings (SSSR count). The molecule has 0 saturated carbocycles. The van der Waals surface area contributed by atoms with E-state index in [2.05, 4.69) is 6.07 Å². The second-order valence-electron chi connectivity index (χ2n) is 6.57. The van der Waals surface area contributed by atoms with E-state index >= 15 is 0 Å². The second-order valence-corrected chi connectivity index (χ2v) is 6.57. The van der Waals surface area contributed by atoms with Crippen LogP contribution in [0.25, 0.3) is 0 Å². The summed E-state index contributed by atoms with van der Waals surface area (Å²) in [5.74, 6) is -0.190. The van der Waals surface area contributed by atoms with E-state index in [0.717, 1.165) is 5.56 Å². The maximum atomic E-state index is 12.8. The third-order valence-electron chi connectivity index (χ3n) is 4.34. The van der Waals surface area contributed by atoms with Crippen LogP contribution in [0.2, 0.25) is 0 Å². The summed E-state index contributed by atoms with van der Waals surface area (Å²) in [6, 6.07) is 15.2. The minimum absolute atomic E-state index is 0.130. The molecule has 0 spiro atoms. The zero-order chi connectivity index (χ0) is 19.8. The fraction of sp³-hybridized carbons (Fsp3) is 0.364. The highest BCUT2D eigenvalue weighted by Gasteiger charge is 2.21. The average molecular weight is 369 g/mol. The van der Waals surface area contributed by atoms with Crippen LogP contribution in [-0.4, -0.2) is 37.0 Å². The number of ether oxygens (including phenoxy) is 2. The zero-order valence-electron chi connectivity index (χ0n) is 16.4. The van der Waals surface area contributed by atoms with Crippen LogP contribution in [-0.2, 0) is 16.1 Å². The van der Waals surface area contributed by atoms with E-state index in [1.54, 1.807) is 30.0 Å². The number of hydrogen-bond acceptors (Lipinski definition) is 4. The molecule has 1 unspecified atom stereocenters. The summed E-state index contributed by atoms with van der Waals surface area (Å²) in [5, 5.41) is 0. The molecule has 1 atom stereocenters.